The summed E-state index contributed by atoms with van der Waals surface area (Å²) in [5.74, 6) is 0.496. The lowest BCUT2D eigenvalue weighted by Crippen LogP contribution is -2.25. The molecule has 0 heterocycles. The number of ether oxygens (including phenoxy) is 1. The molecule has 0 saturated heterocycles. The number of Topliss-reactive ketones (excluding diaryl/α,β-unsaturated/α-hetero) is 1. The van der Waals surface area contributed by atoms with E-state index in [4.69, 9.17) is 10.5 Å². The molecule has 0 aliphatic carbocycles. The van der Waals surface area contributed by atoms with Crippen molar-refractivity contribution < 1.29 is 9.53 Å². The van der Waals surface area contributed by atoms with Crippen LogP contribution in [0.25, 0.3) is 0 Å². The summed E-state index contributed by atoms with van der Waals surface area (Å²) in [6, 6.07) is 7.16. The van der Waals surface area contributed by atoms with Gasteiger partial charge in [-0.1, -0.05) is 12.1 Å². The van der Waals surface area contributed by atoms with Gasteiger partial charge in [-0.15, -0.1) is 0 Å². The number of benzene rings is 1. The van der Waals surface area contributed by atoms with E-state index in [0.717, 1.165) is 0 Å². The van der Waals surface area contributed by atoms with Crippen molar-refractivity contribution in [3.63, 3.8) is 0 Å². The van der Waals surface area contributed by atoms with E-state index in [2.05, 4.69) is 0 Å². The van der Waals surface area contributed by atoms with Crippen LogP contribution in [0.3, 0.4) is 0 Å². The maximum Gasteiger partial charge on any atom is 0.180 e. The molecule has 3 heteroatoms. The molecule has 82 valence electrons. The number of hydrogen-bond donors (Lipinski definition) is 1. The molecule has 0 radical (unpaired) electrons. The fourth-order valence-electron chi connectivity index (χ4n) is 1.23. The van der Waals surface area contributed by atoms with Crippen molar-refractivity contribution in [1.82, 2.24) is 0 Å². The highest BCUT2D eigenvalue weighted by Gasteiger charge is 2.16. The van der Waals surface area contributed by atoms with Crippen molar-refractivity contribution in [2.45, 2.75) is 26.4 Å². The molecule has 15 heavy (non-hydrogen) atoms. The predicted molar refractivity (Wildman–Crippen MR) is 60.2 cm³/mol. The van der Waals surface area contributed by atoms with Gasteiger partial charge in [0.15, 0.2) is 5.78 Å². The maximum absolute atomic E-state index is 11.5. The van der Waals surface area contributed by atoms with Gasteiger partial charge in [0.1, 0.15) is 11.4 Å². The molecule has 3 nitrogen and oxygen atoms in total. The molecule has 1 aromatic rings. The van der Waals surface area contributed by atoms with Gasteiger partial charge in [0.05, 0.1) is 12.1 Å². The summed E-state index contributed by atoms with van der Waals surface area (Å²) in [5, 5.41) is 0. The van der Waals surface area contributed by atoms with E-state index in [1.807, 2.05) is 26.8 Å². The Hall–Kier alpha value is -1.35. The molecule has 0 fully saturated rings. The average Bonchev–Trinajstić information content (AvgIpc) is 2.15. The van der Waals surface area contributed by atoms with E-state index in [-0.39, 0.29) is 17.9 Å². The fraction of sp³-hybridized carbons (Fsp3) is 0.417. The highest BCUT2D eigenvalue weighted by atomic mass is 16.5. The quantitative estimate of drug-likeness (QED) is 0.771. The van der Waals surface area contributed by atoms with Crippen LogP contribution < -0.4 is 10.5 Å². The van der Waals surface area contributed by atoms with Crippen LogP contribution in [0.15, 0.2) is 24.3 Å². The highest BCUT2D eigenvalue weighted by Crippen LogP contribution is 2.22. The molecule has 0 aromatic heterocycles. The van der Waals surface area contributed by atoms with E-state index in [9.17, 15) is 4.79 Å². The van der Waals surface area contributed by atoms with Crippen LogP contribution in [-0.4, -0.2) is 17.9 Å². The van der Waals surface area contributed by atoms with Gasteiger partial charge in [-0.3, -0.25) is 4.79 Å². The molecule has 0 saturated carbocycles. The fourth-order valence-corrected chi connectivity index (χ4v) is 1.23. The molecule has 0 unspecified atom stereocenters. The molecular formula is C12H17NO2. The van der Waals surface area contributed by atoms with Crippen molar-refractivity contribution in [3.05, 3.63) is 29.8 Å². The number of ketones is 1. The Morgan fingerprint density at radius 3 is 2.47 bits per heavy atom. The summed E-state index contributed by atoms with van der Waals surface area (Å²) in [6.45, 7) is 5.83. The largest absolute Gasteiger partial charge is 0.487 e. The molecule has 0 spiro atoms. The van der Waals surface area contributed by atoms with Crippen molar-refractivity contribution >= 4 is 5.78 Å². The number of hydrogen-bond acceptors (Lipinski definition) is 3. The van der Waals surface area contributed by atoms with E-state index in [1.165, 1.54) is 0 Å². The number of para-hydroxylation sites is 1. The predicted octanol–water partition coefficient (Wildman–Crippen LogP) is 2.01. The maximum atomic E-state index is 11.5. The monoisotopic (exact) mass is 207 g/mol. The number of nitrogens with two attached hydrogens (primary N) is 1. The number of carbonyl (C=O) groups is 1. The van der Waals surface area contributed by atoms with Gasteiger partial charge in [0.2, 0.25) is 0 Å². The van der Waals surface area contributed by atoms with E-state index < -0.39 is 0 Å². The minimum atomic E-state index is -0.315. The Labute approximate surface area is 90.2 Å². The normalized spacial score (nSPS) is 11.2. The third-order valence-electron chi connectivity index (χ3n) is 1.79. The summed E-state index contributed by atoms with van der Waals surface area (Å²) in [5.41, 5.74) is 5.57. The third-order valence-corrected chi connectivity index (χ3v) is 1.79. The van der Waals surface area contributed by atoms with E-state index in [1.54, 1.807) is 18.2 Å². The van der Waals surface area contributed by atoms with Crippen LogP contribution >= 0.6 is 0 Å². The van der Waals surface area contributed by atoms with Gasteiger partial charge < -0.3 is 10.5 Å². The first kappa shape index (κ1) is 11.7. The van der Waals surface area contributed by atoms with Crippen molar-refractivity contribution in [3.8, 4) is 5.75 Å². The van der Waals surface area contributed by atoms with Gasteiger partial charge >= 0.3 is 0 Å². The van der Waals surface area contributed by atoms with E-state index >= 15 is 0 Å². The summed E-state index contributed by atoms with van der Waals surface area (Å²) < 4.78 is 5.68. The molecule has 1 aromatic carbocycles. The van der Waals surface area contributed by atoms with Crippen molar-refractivity contribution in [2.75, 3.05) is 6.54 Å². The standard InChI is InChI=1S/C12H17NO2/c1-12(2,3)15-11-7-5-4-6-9(11)10(14)8-13/h4-7H,8,13H2,1-3H3. The van der Waals surface area contributed by atoms with E-state index in [0.29, 0.717) is 11.3 Å². The summed E-state index contributed by atoms with van der Waals surface area (Å²) in [4.78, 5) is 11.5. The summed E-state index contributed by atoms with van der Waals surface area (Å²) >= 11 is 0. The zero-order chi connectivity index (χ0) is 11.5. The lowest BCUT2D eigenvalue weighted by atomic mass is 10.1. The average molecular weight is 207 g/mol. The molecular weight excluding hydrogens is 190 g/mol. The second kappa shape index (κ2) is 4.45. The molecule has 0 aliphatic rings. The van der Waals surface area contributed by atoms with Gasteiger partial charge in [0, 0.05) is 0 Å². The van der Waals surface area contributed by atoms with Crippen LogP contribution in [-0.2, 0) is 0 Å². The Balaban J connectivity index is 3.02. The zero-order valence-electron chi connectivity index (χ0n) is 9.41. The van der Waals surface area contributed by atoms with Gasteiger partial charge in [-0.2, -0.15) is 0 Å². The third kappa shape index (κ3) is 3.36. The van der Waals surface area contributed by atoms with Crippen LogP contribution in [0.1, 0.15) is 31.1 Å². The minimum absolute atomic E-state index is 0.00448. The molecule has 0 aliphatic heterocycles. The smallest absolute Gasteiger partial charge is 0.180 e. The van der Waals surface area contributed by atoms with Crippen LogP contribution in [0.4, 0.5) is 0 Å². The molecule has 0 amide bonds. The summed E-state index contributed by atoms with van der Waals surface area (Å²) in [7, 11) is 0. The van der Waals surface area contributed by atoms with Gasteiger partial charge in [-0.25, -0.2) is 0 Å². The lowest BCUT2D eigenvalue weighted by molar-refractivity contribution is 0.0979. The Morgan fingerprint density at radius 1 is 1.33 bits per heavy atom. The van der Waals surface area contributed by atoms with Crippen molar-refractivity contribution in [1.29, 1.82) is 0 Å². The second-order valence-corrected chi connectivity index (χ2v) is 4.34. The van der Waals surface area contributed by atoms with Crippen LogP contribution in [0, 0.1) is 0 Å². The topological polar surface area (TPSA) is 52.3 Å². The first-order chi connectivity index (χ1) is 6.94. The van der Waals surface area contributed by atoms with Gasteiger partial charge in [0.25, 0.3) is 0 Å². The Bertz CT molecular complexity index is 353. The molecule has 1 rings (SSSR count). The van der Waals surface area contributed by atoms with Crippen LogP contribution in [0.2, 0.25) is 0 Å². The highest BCUT2D eigenvalue weighted by molar-refractivity contribution is 5.99. The Kier molecular flexibility index (Phi) is 3.48. The molecule has 0 atom stereocenters. The number of carbonyl (C=O) groups excluding carboxylic acids is 1. The second-order valence-electron chi connectivity index (χ2n) is 4.34. The zero-order valence-corrected chi connectivity index (χ0v) is 9.41. The van der Waals surface area contributed by atoms with Gasteiger partial charge in [-0.05, 0) is 32.9 Å². The molecule has 2 N–H and O–H groups in total. The SMILES string of the molecule is CC(C)(C)Oc1ccccc1C(=O)CN. The Morgan fingerprint density at radius 2 is 1.93 bits per heavy atom. The summed E-state index contributed by atoms with van der Waals surface area (Å²) in [6.07, 6.45) is 0. The van der Waals surface area contributed by atoms with Crippen molar-refractivity contribution in [2.24, 2.45) is 5.73 Å². The minimum Gasteiger partial charge on any atom is -0.487 e. The first-order valence-corrected chi connectivity index (χ1v) is 4.95. The number of rotatable bonds is 3. The lowest BCUT2D eigenvalue weighted by Gasteiger charge is -2.22. The van der Waals surface area contributed by atoms with Crippen LogP contribution in [0.5, 0.6) is 5.75 Å². The molecule has 0 bridgehead atoms. The first-order valence-electron chi connectivity index (χ1n) is 4.95.